The van der Waals surface area contributed by atoms with Gasteiger partial charge in [0.15, 0.2) is 0 Å². The number of piperidine rings is 1. The highest BCUT2D eigenvalue weighted by atomic mass is 16.5. The van der Waals surface area contributed by atoms with Crippen LogP contribution in [-0.4, -0.2) is 43.2 Å². The zero-order valence-corrected chi connectivity index (χ0v) is 13.4. The Bertz CT molecular complexity index is 507. The highest BCUT2D eigenvalue weighted by Gasteiger charge is 2.36. The minimum atomic E-state index is -0.149. The van der Waals surface area contributed by atoms with Gasteiger partial charge in [-0.05, 0) is 64.5 Å². The molecule has 2 heterocycles. The van der Waals surface area contributed by atoms with Crippen LogP contribution >= 0.6 is 0 Å². The fourth-order valence-electron chi connectivity index (χ4n) is 3.46. The summed E-state index contributed by atoms with van der Waals surface area (Å²) in [5, 5.41) is 0. The highest BCUT2D eigenvalue weighted by molar-refractivity contribution is 5.62. The van der Waals surface area contributed by atoms with Gasteiger partial charge >= 0.3 is 0 Å². The van der Waals surface area contributed by atoms with Crippen molar-refractivity contribution in [1.82, 2.24) is 4.90 Å². The van der Waals surface area contributed by atoms with Crippen LogP contribution in [0.25, 0.3) is 0 Å². The molecule has 2 N–H and O–H groups in total. The Kier molecular flexibility index (Phi) is 3.84. The van der Waals surface area contributed by atoms with E-state index in [1.54, 1.807) is 0 Å². The third-order valence-corrected chi connectivity index (χ3v) is 4.64. The van der Waals surface area contributed by atoms with Crippen LogP contribution < -0.4 is 15.4 Å². The molecule has 0 aromatic heterocycles. The topological polar surface area (TPSA) is 41.7 Å². The van der Waals surface area contributed by atoms with Crippen molar-refractivity contribution >= 4 is 5.69 Å². The summed E-state index contributed by atoms with van der Waals surface area (Å²) < 4.78 is 6.20. The summed E-state index contributed by atoms with van der Waals surface area (Å²) in [5.41, 5.74) is 7.99. The summed E-state index contributed by atoms with van der Waals surface area (Å²) in [6, 6.07) is 7.04. The maximum Gasteiger partial charge on any atom is 0.143 e. The summed E-state index contributed by atoms with van der Waals surface area (Å²) >= 11 is 0. The maximum absolute atomic E-state index is 6.20. The molecule has 0 saturated carbocycles. The van der Waals surface area contributed by atoms with Crippen molar-refractivity contribution in [2.75, 3.05) is 31.6 Å². The maximum atomic E-state index is 6.20. The van der Waals surface area contributed by atoms with Crippen molar-refractivity contribution < 1.29 is 4.74 Å². The zero-order chi connectivity index (χ0) is 15.0. The molecule has 2 aliphatic heterocycles. The van der Waals surface area contributed by atoms with Gasteiger partial charge in [-0.25, -0.2) is 0 Å². The van der Waals surface area contributed by atoms with Crippen LogP contribution in [-0.2, 0) is 6.54 Å². The fourth-order valence-corrected chi connectivity index (χ4v) is 3.46. The van der Waals surface area contributed by atoms with E-state index < -0.39 is 0 Å². The van der Waals surface area contributed by atoms with Gasteiger partial charge in [-0.1, -0.05) is 6.07 Å². The predicted molar refractivity (Wildman–Crippen MR) is 86.9 cm³/mol. The smallest absolute Gasteiger partial charge is 0.143 e. The summed E-state index contributed by atoms with van der Waals surface area (Å²) in [7, 11) is 2.21. The third kappa shape index (κ3) is 3.01. The largest absolute Gasteiger partial charge is 0.484 e. The number of nitrogens with zero attached hydrogens (tertiary/aromatic N) is 2. The van der Waals surface area contributed by atoms with Crippen LogP contribution in [0.5, 0.6) is 5.75 Å². The summed E-state index contributed by atoms with van der Waals surface area (Å²) in [5.74, 6) is 0.994. The molecule has 0 bridgehead atoms. The number of fused-ring (bicyclic) bond motifs is 1. The van der Waals surface area contributed by atoms with Gasteiger partial charge in [0.05, 0.1) is 12.2 Å². The Morgan fingerprint density at radius 3 is 2.67 bits per heavy atom. The molecule has 1 aromatic carbocycles. The SMILES string of the molecule is CN1CCC(N2CC(C)(C)Oc3cc(CN)ccc32)CC1. The Morgan fingerprint density at radius 2 is 2.00 bits per heavy atom. The molecule has 116 valence electrons. The number of anilines is 1. The second-order valence-corrected chi connectivity index (χ2v) is 7.03. The Labute approximate surface area is 127 Å². The molecule has 4 nitrogen and oxygen atoms in total. The molecule has 21 heavy (non-hydrogen) atoms. The van der Waals surface area contributed by atoms with E-state index >= 15 is 0 Å². The Hall–Kier alpha value is -1.26. The van der Waals surface area contributed by atoms with E-state index in [0.29, 0.717) is 12.6 Å². The molecular formula is C17H27N3O. The molecule has 0 aliphatic carbocycles. The summed E-state index contributed by atoms with van der Waals surface area (Å²) in [6.45, 7) is 8.22. The Morgan fingerprint density at radius 1 is 1.29 bits per heavy atom. The number of benzene rings is 1. The normalized spacial score (nSPS) is 22.8. The number of nitrogens with two attached hydrogens (primary N) is 1. The number of hydrogen-bond donors (Lipinski definition) is 1. The van der Waals surface area contributed by atoms with E-state index in [4.69, 9.17) is 10.5 Å². The van der Waals surface area contributed by atoms with E-state index in [9.17, 15) is 0 Å². The standard InChI is InChI=1S/C17H27N3O/c1-17(2)12-20(14-6-8-19(3)9-7-14)15-5-4-13(11-18)10-16(15)21-17/h4-5,10,14H,6-9,11-12,18H2,1-3H3. The van der Waals surface area contributed by atoms with Gasteiger partial charge < -0.3 is 20.3 Å². The van der Waals surface area contributed by atoms with Crippen molar-refractivity contribution in [3.8, 4) is 5.75 Å². The van der Waals surface area contributed by atoms with Gasteiger partial charge in [-0.15, -0.1) is 0 Å². The first-order valence-corrected chi connectivity index (χ1v) is 7.96. The third-order valence-electron chi connectivity index (χ3n) is 4.64. The molecule has 1 saturated heterocycles. The molecule has 0 unspecified atom stereocenters. The molecule has 0 spiro atoms. The van der Waals surface area contributed by atoms with E-state index in [0.717, 1.165) is 17.9 Å². The number of rotatable bonds is 2. The average molecular weight is 289 g/mol. The van der Waals surface area contributed by atoms with Crippen molar-refractivity contribution in [3.05, 3.63) is 23.8 Å². The first-order valence-electron chi connectivity index (χ1n) is 7.96. The first kappa shape index (κ1) is 14.7. The first-order chi connectivity index (χ1) is 9.98. The molecule has 0 radical (unpaired) electrons. The van der Waals surface area contributed by atoms with Crippen LogP contribution in [0.2, 0.25) is 0 Å². The Balaban J connectivity index is 1.91. The molecule has 0 atom stereocenters. The van der Waals surface area contributed by atoms with E-state index in [2.05, 4.69) is 48.9 Å². The number of likely N-dealkylation sites (tertiary alicyclic amines) is 1. The average Bonchev–Trinajstić information content (AvgIpc) is 2.45. The van der Waals surface area contributed by atoms with Gasteiger partial charge in [0.25, 0.3) is 0 Å². The minimum Gasteiger partial charge on any atom is -0.484 e. The van der Waals surface area contributed by atoms with Crippen molar-refractivity contribution in [1.29, 1.82) is 0 Å². The van der Waals surface area contributed by atoms with Gasteiger partial charge in [0, 0.05) is 12.6 Å². The van der Waals surface area contributed by atoms with Crippen molar-refractivity contribution in [2.45, 2.75) is 44.9 Å². The molecular weight excluding hydrogens is 262 g/mol. The lowest BCUT2D eigenvalue weighted by atomic mass is 9.97. The lowest BCUT2D eigenvalue weighted by Crippen LogP contribution is -2.53. The van der Waals surface area contributed by atoms with Gasteiger partial charge in [-0.2, -0.15) is 0 Å². The minimum absolute atomic E-state index is 0.149. The monoisotopic (exact) mass is 289 g/mol. The number of hydrogen-bond acceptors (Lipinski definition) is 4. The van der Waals surface area contributed by atoms with E-state index in [1.807, 2.05) is 0 Å². The fraction of sp³-hybridized carbons (Fsp3) is 0.647. The zero-order valence-electron chi connectivity index (χ0n) is 13.4. The lowest BCUT2D eigenvalue weighted by molar-refractivity contribution is 0.0973. The molecule has 0 amide bonds. The summed E-state index contributed by atoms with van der Waals surface area (Å²) in [6.07, 6.45) is 2.45. The molecule has 3 rings (SSSR count). The van der Waals surface area contributed by atoms with Crippen LogP contribution in [0.3, 0.4) is 0 Å². The van der Waals surface area contributed by atoms with Gasteiger partial charge in [0.1, 0.15) is 11.4 Å². The van der Waals surface area contributed by atoms with E-state index in [-0.39, 0.29) is 5.60 Å². The summed E-state index contributed by atoms with van der Waals surface area (Å²) in [4.78, 5) is 4.98. The highest BCUT2D eigenvalue weighted by Crippen LogP contribution is 2.40. The lowest BCUT2D eigenvalue weighted by Gasteiger charge is -2.46. The second-order valence-electron chi connectivity index (χ2n) is 7.03. The van der Waals surface area contributed by atoms with Crippen LogP contribution in [0, 0.1) is 0 Å². The van der Waals surface area contributed by atoms with E-state index in [1.165, 1.54) is 31.6 Å². The van der Waals surface area contributed by atoms with Crippen LogP contribution in [0.15, 0.2) is 18.2 Å². The number of ether oxygens (including phenoxy) is 1. The quantitative estimate of drug-likeness (QED) is 0.906. The van der Waals surface area contributed by atoms with Gasteiger partial charge in [-0.3, -0.25) is 0 Å². The van der Waals surface area contributed by atoms with Crippen LogP contribution in [0.1, 0.15) is 32.3 Å². The van der Waals surface area contributed by atoms with Crippen molar-refractivity contribution in [3.63, 3.8) is 0 Å². The second kappa shape index (κ2) is 5.50. The molecule has 2 aliphatic rings. The molecule has 4 heteroatoms. The predicted octanol–water partition coefficient (Wildman–Crippen LogP) is 2.22. The van der Waals surface area contributed by atoms with Crippen molar-refractivity contribution in [2.24, 2.45) is 5.73 Å². The van der Waals surface area contributed by atoms with Gasteiger partial charge in [0.2, 0.25) is 0 Å². The molecule has 1 fully saturated rings. The molecule has 1 aromatic rings. The van der Waals surface area contributed by atoms with Crippen LogP contribution in [0.4, 0.5) is 5.69 Å².